The number of nitrogens with one attached hydrogen (secondary N) is 2. The molecule has 1 aromatic rings. The molecular weight excluding hydrogens is 397 g/mol. The highest BCUT2D eigenvalue weighted by atomic mass is 35.5. The topological polar surface area (TPSA) is 61.4 Å². The van der Waals surface area contributed by atoms with E-state index in [4.69, 9.17) is 23.2 Å². The maximum Gasteiger partial charge on any atom is 0.253 e. The van der Waals surface area contributed by atoms with Crippen LogP contribution in [0, 0.1) is 5.92 Å². The summed E-state index contributed by atoms with van der Waals surface area (Å²) in [6.45, 7) is 4.19. The lowest BCUT2D eigenvalue weighted by molar-refractivity contribution is -0.134. The number of amides is 2. The van der Waals surface area contributed by atoms with Gasteiger partial charge in [-0.15, -0.1) is 12.4 Å². The number of nitrogens with zero attached hydrogens (tertiary/aromatic N) is 1. The Kier molecular flexibility index (Phi) is 9.72. The molecule has 1 heterocycles. The third-order valence-electron chi connectivity index (χ3n) is 4.64. The maximum atomic E-state index is 12.6. The standard InChI is InChI=1S/C18H25Cl2N3O2.ClH/c1-12(22-17(24)14-4-3-5-15(19)16(14)20)18(25)23-10-7-13(8-11-23)6-9-21-2;/h3-5,12-13,21H,6-11H2,1-2H3,(H,22,24);1H. The summed E-state index contributed by atoms with van der Waals surface area (Å²) < 4.78 is 0. The van der Waals surface area contributed by atoms with Gasteiger partial charge in [0.25, 0.3) is 5.91 Å². The van der Waals surface area contributed by atoms with E-state index in [1.165, 1.54) is 0 Å². The van der Waals surface area contributed by atoms with Crippen LogP contribution in [0.1, 0.15) is 36.5 Å². The third kappa shape index (κ3) is 6.02. The number of rotatable bonds is 6. The number of hydrogen-bond donors (Lipinski definition) is 2. The Labute approximate surface area is 171 Å². The molecule has 0 bridgehead atoms. The molecule has 0 aromatic heterocycles. The second-order valence-electron chi connectivity index (χ2n) is 6.46. The van der Waals surface area contributed by atoms with Crippen molar-refractivity contribution in [1.29, 1.82) is 0 Å². The molecule has 26 heavy (non-hydrogen) atoms. The first-order chi connectivity index (χ1) is 11.9. The average molecular weight is 423 g/mol. The molecular formula is C18H26Cl3N3O2. The smallest absolute Gasteiger partial charge is 0.253 e. The molecule has 0 aliphatic carbocycles. The molecule has 8 heteroatoms. The second kappa shape index (κ2) is 11.0. The van der Waals surface area contributed by atoms with Crippen LogP contribution in [-0.2, 0) is 4.79 Å². The Hall–Kier alpha value is -1.01. The SMILES string of the molecule is CNCCC1CCN(C(=O)C(C)NC(=O)c2cccc(Cl)c2Cl)CC1.Cl. The molecule has 0 radical (unpaired) electrons. The van der Waals surface area contributed by atoms with Crippen molar-refractivity contribution in [1.82, 2.24) is 15.5 Å². The fourth-order valence-electron chi connectivity index (χ4n) is 3.08. The average Bonchev–Trinajstić information content (AvgIpc) is 2.61. The number of hydrogen-bond acceptors (Lipinski definition) is 3. The van der Waals surface area contributed by atoms with Crippen molar-refractivity contribution in [3.63, 3.8) is 0 Å². The van der Waals surface area contributed by atoms with Crippen molar-refractivity contribution in [2.45, 2.75) is 32.2 Å². The summed E-state index contributed by atoms with van der Waals surface area (Å²) in [6.07, 6.45) is 3.15. The maximum absolute atomic E-state index is 12.6. The van der Waals surface area contributed by atoms with Gasteiger partial charge in [-0.25, -0.2) is 0 Å². The molecule has 1 saturated heterocycles. The van der Waals surface area contributed by atoms with Gasteiger partial charge >= 0.3 is 0 Å². The normalized spacial score (nSPS) is 15.9. The molecule has 5 nitrogen and oxygen atoms in total. The largest absolute Gasteiger partial charge is 0.341 e. The minimum Gasteiger partial charge on any atom is -0.341 e. The molecule has 1 aromatic carbocycles. The van der Waals surface area contributed by atoms with E-state index in [0.717, 1.165) is 38.9 Å². The fourth-order valence-corrected chi connectivity index (χ4v) is 3.47. The molecule has 1 aliphatic heterocycles. The Balaban J connectivity index is 0.00000338. The van der Waals surface area contributed by atoms with Crippen LogP contribution in [0.2, 0.25) is 10.0 Å². The number of piperidine rings is 1. The van der Waals surface area contributed by atoms with Crippen LogP contribution in [0.4, 0.5) is 0 Å². The van der Waals surface area contributed by atoms with Gasteiger partial charge in [-0.1, -0.05) is 29.3 Å². The third-order valence-corrected chi connectivity index (χ3v) is 5.46. The van der Waals surface area contributed by atoms with Crippen molar-refractivity contribution in [2.24, 2.45) is 5.92 Å². The van der Waals surface area contributed by atoms with Gasteiger partial charge in [-0.05, 0) is 57.8 Å². The van der Waals surface area contributed by atoms with E-state index in [9.17, 15) is 9.59 Å². The minimum atomic E-state index is -0.601. The van der Waals surface area contributed by atoms with Crippen LogP contribution in [0.15, 0.2) is 18.2 Å². The van der Waals surface area contributed by atoms with Crippen molar-refractivity contribution < 1.29 is 9.59 Å². The number of benzene rings is 1. The van der Waals surface area contributed by atoms with Gasteiger partial charge in [-0.3, -0.25) is 9.59 Å². The molecule has 1 unspecified atom stereocenters. The monoisotopic (exact) mass is 421 g/mol. The predicted octanol–water partition coefficient (Wildman–Crippen LogP) is 3.38. The van der Waals surface area contributed by atoms with E-state index in [0.29, 0.717) is 10.9 Å². The zero-order valence-electron chi connectivity index (χ0n) is 15.1. The van der Waals surface area contributed by atoms with Crippen LogP contribution in [0.5, 0.6) is 0 Å². The molecule has 2 N–H and O–H groups in total. The summed E-state index contributed by atoms with van der Waals surface area (Å²) in [5.74, 6) is 0.211. The van der Waals surface area contributed by atoms with Crippen molar-refractivity contribution >= 4 is 47.4 Å². The quantitative estimate of drug-likeness (QED) is 0.739. The molecule has 0 saturated carbocycles. The molecule has 0 spiro atoms. The van der Waals surface area contributed by atoms with Crippen LogP contribution >= 0.6 is 35.6 Å². The first-order valence-electron chi connectivity index (χ1n) is 8.62. The summed E-state index contributed by atoms with van der Waals surface area (Å²) in [5, 5.41) is 6.41. The number of halogens is 3. The lowest BCUT2D eigenvalue weighted by atomic mass is 9.93. The molecule has 146 valence electrons. The molecule has 1 fully saturated rings. The second-order valence-corrected chi connectivity index (χ2v) is 7.24. The predicted molar refractivity (Wildman–Crippen MR) is 108 cm³/mol. The zero-order chi connectivity index (χ0) is 18.4. The Morgan fingerprint density at radius 3 is 2.54 bits per heavy atom. The number of carbonyl (C=O) groups is 2. The molecule has 1 aliphatic rings. The first kappa shape index (κ1) is 23.0. The van der Waals surface area contributed by atoms with E-state index >= 15 is 0 Å². The van der Waals surface area contributed by atoms with E-state index in [2.05, 4.69) is 10.6 Å². The van der Waals surface area contributed by atoms with Crippen molar-refractivity contribution in [3.05, 3.63) is 33.8 Å². The van der Waals surface area contributed by atoms with Gasteiger partial charge in [0.05, 0.1) is 15.6 Å². The molecule has 1 atom stereocenters. The van der Waals surface area contributed by atoms with Gasteiger partial charge in [0.1, 0.15) is 6.04 Å². The highest BCUT2D eigenvalue weighted by Gasteiger charge is 2.27. The lowest BCUT2D eigenvalue weighted by Crippen LogP contribution is -2.49. The van der Waals surface area contributed by atoms with Crippen LogP contribution in [-0.4, -0.2) is 49.4 Å². The summed E-state index contributed by atoms with van der Waals surface area (Å²) in [5.41, 5.74) is 0.277. The zero-order valence-corrected chi connectivity index (χ0v) is 17.4. The summed E-state index contributed by atoms with van der Waals surface area (Å²) >= 11 is 12.0. The Morgan fingerprint density at radius 1 is 1.27 bits per heavy atom. The first-order valence-corrected chi connectivity index (χ1v) is 9.38. The van der Waals surface area contributed by atoms with Crippen LogP contribution < -0.4 is 10.6 Å². The summed E-state index contributed by atoms with van der Waals surface area (Å²) in [6, 6.07) is 4.27. The Bertz CT molecular complexity index is 620. The van der Waals surface area contributed by atoms with E-state index in [1.807, 2.05) is 11.9 Å². The van der Waals surface area contributed by atoms with Crippen molar-refractivity contribution in [2.75, 3.05) is 26.7 Å². The van der Waals surface area contributed by atoms with Gasteiger partial charge in [0.15, 0.2) is 0 Å². The molecule has 2 amide bonds. The van der Waals surface area contributed by atoms with Crippen molar-refractivity contribution in [3.8, 4) is 0 Å². The van der Waals surface area contributed by atoms with E-state index < -0.39 is 11.9 Å². The van der Waals surface area contributed by atoms with Gasteiger partial charge in [-0.2, -0.15) is 0 Å². The number of carbonyl (C=O) groups excluding carboxylic acids is 2. The lowest BCUT2D eigenvalue weighted by Gasteiger charge is -2.33. The van der Waals surface area contributed by atoms with Crippen LogP contribution in [0.25, 0.3) is 0 Å². The fraction of sp³-hybridized carbons (Fsp3) is 0.556. The highest BCUT2D eigenvalue weighted by Crippen LogP contribution is 2.25. The number of likely N-dealkylation sites (tertiary alicyclic amines) is 1. The van der Waals surface area contributed by atoms with Gasteiger partial charge in [0.2, 0.25) is 5.91 Å². The molecule has 2 rings (SSSR count). The minimum absolute atomic E-state index is 0. The van der Waals surface area contributed by atoms with Gasteiger partial charge < -0.3 is 15.5 Å². The summed E-state index contributed by atoms with van der Waals surface area (Å²) in [4.78, 5) is 26.8. The van der Waals surface area contributed by atoms with Gasteiger partial charge in [0, 0.05) is 13.1 Å². The summed E-state index contributed by atoms with van der Waals surface area (Å²) in [7, 11) is 1.95. The Morgan fingerprint density at radius 2 is 1.92 bits per heavy atom. The van der Waals surface area contributed by atoms with Crippen LogP contribution in [0.3, 0.4) is 0 Å². The highest BCUT2D eigenvalue weighted by molar-refractivity contribution is 6.43. The van der Waals surface area contributed by atoms with E-state index in [1.54, 1.807) is 25.1 Å². The van der Waals surface area contributed by atoms with E-state index in [-0.39, 0.29) is 28.9 Å².